The molecule has 0 N–H and O–H groups in total. The maximum absolute atomic E-state index is 13.2. The van der Waals surface area contributed by atoms with Gasteiger partial charge in [-0.1, -0.05) is 182 Å². The Morgan fingerprint density at radius 3 is 0.833 bits per heavy atom. The van der Waals surface area contributed by atoms with E-state index >= 15 is 0 Å². The van der Waals surface area contributed by atoms with Crippen molar-refractivity contribution in [2.24, 2.45) is 0 Å². The zero-order valence-electron chi connectivity index (χ0n) is 26.0. The van der Waals surface area contributed by atoms with Gasteiger partial charge in [0.2, 0.25) is 0 Å². The van der Waals surface area contributed by atoms with Crippen LogP contribution in [-0.4, -0.2) is 17.3 Å². The molecule has 0 spiro atoms. The van der Waals surface area contributed by atoms with Crippen molar-refractivity contribution < 1.29 is 14.4 Å². The molecule has 0 fully saturated rings. The fraction of sp³-hybridized carbons (Fsp3) is 0. The van der Waals surface area contributed by atoms with E-state index in [0.717, 1.165) is 33.4 Å². The molecule has 0 saturated heterocycles. The summed E-state index contributed by atoms with van der Waals surface area (Å²) in [5, 5.41) is 0. The van der Waals surface area contributed by atoms with Crippen LogP contribution in [0.25, 0.3) is 33.4 Å². The molecule has 7 rings (SSSR count). The van der Waals surface area contributed by atoms with Crippen molar-refractivity contribution in [1.29, 1.82) is 0 Å². The molecule has 228 valence electrons. The molecule has 0 aliphatic heterocycles. The Balaban J connectivity index is 1.30. The van der Waals surface area contributed by atoms with Gasteiger partial charge >= 0.3 is 0 Å². The summed E-state index contributed by atoms with van der Waals surface area (Å²) in [5.74, 6) is -0.0899. The summed E-state index contributed by atoms with van der Waals surface area (Å²) in [4.78, 5) is 39.4. The number of benzene rings is 7. The highest BCUT2D eigenvalue weighted by atomic mass is 16.1. The molecule has 0 atom stereocenters. The normalized spacial score (nSPS) is 10.8. The fourth-order valence-corrected chi connectivity index (χ4v) is 6.00. The van der Waals surface area contributed by atoms with Crippen LogP contribution in [0.4, 0.5) is 0 Å². The molecule has 0 radical (unpaired) electrons. The zero-order valence-corrected chi connectivity index (χ0v) is 26.0. The second-order valence-corrected chi connectivity index (χ2v) is 11.5. The minimum absolute atomic E-state index is 0.0278. The first kappa shape index (κ1) is 30.2. The van der Waals surface area contributed by atoms with Crippen LogP contribution >= 0.6 is 0 Å². The van der Waals surface area contributed by atoms with Crippen molar-refractivity contribution >= 4 is 17.3 Å². The highest BCUT2D eigenvalue weighted by molar-refractivity contribution is 6.11. The Bertz CT molecular complexity index is 2100. The summed E-state index contributed by atoms with van der Waals surface area (Å²) < 4.78 is 0. The van der Waals surface area contributed by atoms with Crippen LogP contribution in [0, 0.1) is 0 Å². The van der Waals surface area contributed by atoms with Crippen LogP contribution in [0.2, 0.25) is 0 Å². The van der Waals surface area contributed by atoms with E-state index in [1.165, 1.54) is 0 Å². The Kier molecular flexibility index (Phi) is 8.50. The maximum Gasteiger partial charge on any atom is 0.193 e. The average Bonchev–Trinajstić information content (AvgIpc) is 3.18. The third-order valence-electron chi connectivity index (χ3n) is 8.52. The molecule has 7 aromatic carbocycles. The number of ketones is 3. The quantitative estimate of drug-likeness (QED) is 0.151. The molecule has 3 heteroatoms. The van der Waals surface area contributed by atoms with Crippen molar-refractivity contribution in [1.82, 2.24) is 0 Å². The van der Waals surface area contributed by atoms with Crippen molar-refractivity contribution in [2.45, 2.75) is 0 Å². The lowest BCUT2D eigenvalue weighted by atomic mass is 9.86. The van der Waals surface area contributed by atoms with Crippen molar-refractivity contribution in [3.63, 3.8) is 0 Å². The van der Waals surface area contributed by atoms with Crippen LogP contribution in [-0.2, 0) is 0 Å². The summed E-state index contributed by atoms with van der Waals surface area (Å²) in [6.07, 6.45) is 0. The Morgan fingerprint density at radius 1 is 0.250 bits per heavy atom. The van der Waals surface area contributed by atoms with Gasteiger partial charge in [0.25, 0.3) is 0 Å². The summed E-state index contributed by atoms with van der Waals surface area (Å²) >= 11 is 0. The van der Waals surface area contributed by atoms with Gasteiger partial charge in [-0.05, 0) is 33.4 Å². The topological polar surface area (TPSA) is 51.2 Å². The molecule has 0 saturated carbocycles. The summed E-state index contributed by atoms with van der Waals surface area (Å²) in [7, 11) is 0. The van der Waals surface area contributed by atoms with Crippen molar-refractivity contribution in [3.05, 3.63) is 215 Å². The second-order valence-electron chi connectivity index (χ2n) is 11.5. The van der Waals surface area contributed by atoms with Crippen LogP contribution < -0.4 is 0 Å². The second kappa shape index (κ2) is 13.5. The van der Waals surface area contributed by atoms with Gasteiger partial charge in [-0.25, -0.2) is 0 Å². The first-order chi connectivity index (χ1) is 23.6. The number of rotatable bonds is 9. The molecule has 48 heavy (non-hydrogen) atoms. The van der Waals surface area contributed by atoms with Crippen LogP contribution in [0.5, 0.6) is 0 Å². The standard InChI is InChI=1S/C45H30O3/c46-43(34-11-4-1-5-12-34)37-25-19-31(20-26-37)40-17-10-18-41(32-21-27-38(28-22-32)44(47)35-13-6-2-7-14-35)42(40)33-23-29-39(30-24-33)45(48)36-15-8-3-9-16-36/h1-30H. The summed E-state index contributed by atoms with van der Waals surface area (Å²) in [6, 6.07) is 57.1. The molecule has 0 bridgehead atoms. The molecule has 0 aliphatic rings. The van der Waals surface area contributed by atoms with E-state index in [0.29, 0.717) is 33.4 Å². The predicted molar refractivity (Wildman–Crippen MR) is 192 cm³/mol. The lowest BCUT2D eigenvalue weighted by Gasteiger charge is -2.17. The molecule has 3 nitrogen and oxygen atoms in total. The molecule has 0 unspecified atom stereocenters. The van der Waals surface area contributed by atoms with E-state index in [1.54, 1.807) is 0 Å². The van der Waals surface area contributed by atoms with E-state index in [4.69, 9.17) is 0 Å². The van der Waals surface area contributed by atoms with E-state index in [9.17, 15) is 14.4 Å². The molecule has 0 heterocycles. The largest absolute Gasteiger partial charge is 0.289 e. The molecular formula is C45H30O3. The van der Waals surface area contributed by atoms with Crippen molar-refractivity contribution in [3.8, 4) is 33.4 Å². The van der Waals surface area contributed by atoms with Crippen molar-refractivity contribution in [2.75, 3.05) is 0 Å². The minimum atomic E-state index is -0.0343. The number of hydrogen-bond acceptors (Lipinski definition) is 3. The van der Waals surface area contributed by atoms with Crippen LogP contribution in [0.1, 0.15) is 47.8 Å². The number of hydrogen-bond donors (Lipinski definition) is 0. The maximum atomic E-state index is 13.2. The monoisotopic (exact) mass is 618 g/mol. The summed E-state index contributed by atoms with van der Waals surface area (Å²) in [6.45, 7) is 0. The predicted octanol–water partition coefficient (Wildman–Crippen LogP) is 10.4. The van der Waals surface area contributed by atoms with Gasteiger partial charge in [-0.3, -0.25) is 14.4 Å². The summed E-state index contributed by atoms with van der Waals surface area (Å²) in [5.41, 5.74) is 9.58. The van der Waals surface area contributed by atoms with E-state index < -0.39 is 0 Å². The van der Waals surface area contributed by atoms with Crippen LogP contribution in [0.15, 0.2) is 182 Å². The average molecular weight is 619 g/mol. The van der Waals surface area contributed by atoms with Gasteiger partial charge < -0.3 is 0 Å². The Morgan fingerprint density at radius 2 is 0.521 bits per heavy atom. The lowest BCUT2D eigenvalue weighted by Crippen LogP contribution is -2.01. The Hall–Kier alpha value is -6.45. The molecule has 0 aromatic heterocycles. The zero-order chi connectivity index (χ0) is 32.9. The fourth-order valence-electron chi connectivity index (χ4n) is 6.00. The lowest BCUT2D eigenvalue weighted by molar-refractivity contribution is 0.103. The first-order valence-corrected chi connectivity index (χ1v) is 15.8. The third kappa shape index (κ3) is 6.18. The smallest absolute Gasteiger partial charge is 0.193 e. The van der Waals surface area contributed by atoms with Gasteiger partial charge in [-0.15, -0.1) is 0 Å². The molecule has 7 aromatic rings. The third-order valence-corrected chi connectivity index (χ3v) is 8.52. The van der Waals surface area contributed by atoms with Gasteiger partial charge in [-0.2, -0.15) is 0 Å². The molecule has 0 amide bonds. The highest BCUT2D eigenvalue weighted by Crippen LogP contribution is 2.40. The highest BCUT2D eigenvalue weighted by Gasteiger charge is 2.17. The van der Waals surface area contributed by atoms with Crippen LogP contribution in [0.3, 0.4) is 0 Å². The van der Waals surface area contributed by atoms with Gasteiger partial charge in [0.15, 0.2) is 17.3 Å². The molecule has 0 aliphatic carbocycles. The molecular weight excluding hydrogens is 588 g/mol. The van der Waals surface area contributed by atoms with Gasteiger partial charge in [0.05, 0.1) is 0 Å². The van der Waals surface area contributed by atoms with E-state index in [2.05, 4.69) is 12.1 Å². The SMILES string of the molecule is O=C(c1ccccc1)c1ccc(-c2cccc(-c3ccc(C(=O)c4ccccc4)cc3)c2-c2ccc(C(=O)c3ccccc3)cc2)cc1. The van der Waals surface area contributed by atoms with E-state index in [1.807, 2.05) is 170 Å². The van der Waals surface area contributed by atoms with E-state index in [-0.39, 0.29) is 17.3 Å². The van der Waals surface area contributed by atoms with Gasteiger partial charge in [0, 0.05) is 33.4 Å². The number of carbonyl (C=O) groups excluding carboxylic acids is 3. The number of carbonyl (C=O) groups is 3. The minimum Gasteiger partial charge on any atom is -0.289 e. The van der Waals surface area contributed by atoms with Gasteiger partial charge in [0.1, 0.15) is 0 Å². The Labute approximate surface area is 279 Å². The first-order valence-electron chi connectivity index (χ1n) is 15.8.